The molecule has 2 unspecified atom stereocenters. The van der Waals surface area contributed by atoms with Crippen molar-refractivity contribution >= 4 is 23.5 Å². The number of H-pyrrole nitrogens is 1. The molecule has 5 atom stereocenters. The number of nitrogens with zero attached hydrogens (tertiary/aromatic N) is 1. The predicted octanol–water partition coefficient (Wildman–Crippen LogP) is -0.341. The molecule has 9 N–H and O–H groups in total. The number of ketones is 1. The summed E-state index contributed by atoms with van der Waals surface area (Å²) in [6, 6.07) is -3.55. The SMILES string of the molecule is CC(C)C(=O)[C@H](CCN)NC(=O)[C@@H](NC(=O)[C@H](Cc1cnc[nH]1)NC(=O)CC(N)C1CCCCC1)C(C)O. The number of amides is 3. The lowest BCUT2D eigenvalue weighted by molar-refractivity contribution is -0.136. The average molecular weight is 536 g/mol. The maximum atomic E-state index is 13.3. The van der Waals surface area contributed by atoms with Crippen molar-refractivity contribution in [3.63, 3.8) is 0 Å². The molecule has 0 radical (unpaired) electrons. The fraction of sp³-hybridized carbons (Fsp3) is 0.731. The summed E-state index contributed by atoms with van der Waals surface area (Å²) < 4.78 is 0. The maximum absolute atomic E-state index is 13.3. The molecule has 214 valence electrons. The summed E-state index contributed by atoms with van der Waals surface area (Å²) in [5.74, 6) is -2.00. The number of nitrogens with one attached hydrogen (secondary N) is 4. The average Bonchev–Trinajstić information content (AvgIpc) is 3.39. The van der Waals surface area contributed by atoms with Crippen molar-refractivity contribution in [3.05, 3.63) is 18.2 Å². The normalized spacial score (nSPS) is 18.2. The zero-order valence-electron chi connectivity index (χ0n) is 22.7. The third kappa shape index (κ3) is 9.80. The van der Waals surface area contributed by atoms with Gasteiger partial charge in [-0.1, -0.05) is 33.1 Å². The standard InChI is InChI=1S/C26H45N7O5/c1-15(2)24(36)20(9-10-27)32-26(38)23(16(3)34)33-25(37)21(11-18-13-29-14-30-18)31-22(35)12-19(28)17-7-5-4-6-8-17/h13-17,19-21,23,34H,4-12,27-28H2,1-3H3,(H,29,30)(H,31,35)(H,32,38)(H,33,37)/t16?,19?,20-,21-,23-/m0/s1. The van der Waals surface area contributed by atoms with Crippen LogP contribution in [-0.4, -0.2) is 75.4 Å². The molecule has 0 saturated heterocycles. The second-order valence-electron chi connectivity index (χ2n) is 10.6. The summed E-state index contributed by atoms with van der Waals surface area (Å²) in [5, 5.41) is 18.2. The third-order valence-electron chi connectivity index (χ3n) is 7.05. The summed E-state index contributed by atoms with van der Waals surface area (Å²) in [4.78, 5) is 58.6. The lowest BCUT2D eigenvalue weighted by Gasteiger charge is -2.28. The molecule has 1 aromatic rings. The quantitative estimate of drug-likeness (QED) is 0.158. The Morgan fingerprint density at radius 2 is 1.74 bits per heavy atom. The number of aliphatic hydroxyl groups excluding tert-OH is 1. The van der Waals surface area contributed by atoms with Gasteiger partial charge in [0, 0.05) is 36.7 Å². The highest BCUT2D eigenvalue weighted by Crippen LogP contribution is 2.26. The van der Waals surface area contributed by atoms with Gasteiger partial charge in [-0.2, -0.15) is 0 Å². The van der Waals surface area contributed by atoms with Crippen LogP contribution < -0.4 is 27.4 Å². The smallest absolute Gasteiger partial charge is 0.245 e. The highest BCUT2D eigenvalue weighted by molar-refractivity contribution is 5.95. The van der Waals surface area contributed by atoms with E-state index >= 15 is 0 Å². The van der Waals surface area contributed by atoms with Crippen LogP contribution in [0.25, 0.3) is 0 Å². The zero-order chi connectivity index (χ0) is 28.2. The minimum absolute atomic E-state index is 0.0792. The first-order chi connectivity index (χ1) is 18.0. The van der Waals surface area contributed by atoms with Crippen LogP contribution in [0.1, 0.15) is 71.4 Å². The second-order valence-corrected chi connectivity index (χ2v) is 10.6. The van der Waals surface area contributed by atoms with Crippen LogP contribution in [0, 0.1) is 11.8 Å². The molecule has 2 rings (SSSR count). The Morgan fingerprint density at radius 3 is 2.29 bits per heavy atom. The van der Waals surface area contributed by atoms with Crippen molar-refractivity contribution < 1.29 is 24.3 Å². The first-order valence-electron chi connectivity index (χ1n) is 13.6. The van der Waals surface area contributed by atoms with Crippen LogP contribution >= 0.6 is 0 Å². The van der Waals surface area contributed by atoms with Gasteiger partial charge >= 0.3 is 0 Å². The van der Waals surface area contributed by atoms with E-state index in [0.29, 0.717) is 5.69 Å². The van der Waals surface area contributed by atoms with Gasteiger partial charge in [0.15, 0.2) is 5.78 Å². The number of carbonyl (C=O) groups is 4. The molecular formula is C26H45N7O5. The number of aliphatic hydroxyl groups is 1. The molecule has 1 aliphatic rings. The molecule has 0 aliphatic heterocycles. The second kappa shape index (κ2) is 15.6. The van der Waals surface area contributed by atoms with Gasteiger partial charge in [0.05, 0.1) is 18.5 Å². The van der Waals surface area contributed by atoms with Crippen molar-refractivity contribution in [1.82, 2.24) is 25.9 Å². The Balaban J connectivity index is 2.11. The molecule has 1 aliphatic carbocycles. The highest BCUT2D eigenvalue weighted by atomic mass is 16.3. The van der Waals surface area contributed by atoms with Gasteiger partial charge in [-0.3, -0.25) is 19.2 Å². The molecule has 12 nitrogen and oxygen atoms in total. The van der Waals surface area contributed by atoms with Gasteiger partial charge in [0.2, 0.25) is 17.7 Å². The van der Waals surface area contributed by atoms with Gasteiger partial charge in [-0.15, -0.1) is 0 Å². The Morgan fingerprint density at radius 1 is 1.05 bits per heavy atom. The van der Waals surface area contributed by atoms with Crippen LogP contribution in [0.4, 0.5) is 0 Å². The first-order valence-corrected chi connectivity index (χ1v) is 13.6. The lowest BCUT2D eigenvalue weighted by atomic mass is 9.83. The van der Waals surface area contributed by atoms with Gasteiger partial charge in [0.1, 0.15) is 12.1 Å². The summed E-state index contributed by atoms with van der Waals surface area (Å²) in [6.07, 6.45) is 7.47. The Labute approximate surface area is 224 Å². The summed E-state index contributed by atoms with van der Waals surface area (Å²) in [5.41, 5.74) is 12.5. The number of carbonyl (C=O) groups excluding carboxylic acids is 4. The van der Waals surface area contributed by atoms with Crippen molar-refractivity contribution in [2.45, 2.75) is 102 Å². The van der Waals surface area contributed by atoms with E-state index in [4.69, 9.17) is 11.5 Å². The van der Waals surface area contributed by atoms with E-state index in [2.05, 4.69) is 25.9 Å². The molecule has 0 bridgehead atoms. The number of nitrogens with two attached hydrogens (primary N) is 2. The van der Waals surface area contributed by atoms with Crippen LogP contribution in [0.5, 0.6) is 0 Å². The molecule has 1 aromatic heterocycles. The first kappa shape index (κ1) is 31.4. The summed E-state index contributed by atoms with van der Waals surface area (Å²) in [7, 11) is 0. The number of imidazole rings is 1. The molecule has 1 fully saturated rings. The summed E-state index contributed by atoms with van der Waals surface area (Å²) >= 11 is 0. The van der Waals surface area contributed by atoms with Gasteiger partial charge < -0.3 is 37.5 Å². The van der Waals surface area contributed by atoms with E-state index in [1.54, 1.807) is 13.8 Å². The summed E-state index contributed by atoms with van der Waals surface area (Å²) in [6.45, 7) is 4.97. The molecule has 38 heavy (non-hydrogen) atoms. The Hall–Kier alpha value is -2.83. The maximum Gasteiger partial charge on any atom is 0.245 e. The van der Waals surface area contributed by atoms with Crippen LogP contribution in [0.3, 0.4) is 0 Å². The number of rotatable bonds is 15. The number of hydrogen-bond donors (Lipinski definition) is 7. The molecule has 3 amide bonds. The van der Waals surface area contributed by atoms with Gasteiger partial charge in [0.25, 0.3) is 0 Å². The molecule has 1 heterocycles. The van der Waals surface area contributed by atoms with Gasteiger partial charge in [-0.05, 0) is 38.6 Å². The monoisotopic (exact) mass is 535 g/mol. The fourth-order valence-corrected chi connectivity index (χ4v) is 4.80. The highest BCUT2D eigenvalue weighted by Gasteiger charge is 2.33. The predicted molar refractivity (Wildman–Crippen MR) is 142 cm³/mol. The largest absolute Gasteiger partial charge is 0.391 e. The Bertz CT molecular complexity index is 900. The molecular weight excluding hydrogens is 490 g/mol. The number of Topliss-reactive ketones (excluding diaryl/α,β-unsaturated/α-hetero) is 1. The lowest BCUT2D eigenvalue weighted by Crippen LogP contribution is -2.59. The number of hydrogen-bond acceptors (Lipinski definition) is 8. The van der Waals surface area contributed by atoms with Crippen molar-refractivity contribution in [2.24, 2.45) is 23.3 Å². The van der Waals surface area contributed by atoms with Crippen LogP contribution in [0.2, 0.25) is 0 Å². The molecule has 1 saturated carbocycles. The van der Waals surface area contributed by atoms with Crippen molar-refractivity contribution in [1.29, 1.82) is 0 Å². The Kier molecular flexibility index (Phi) is 12.8. The van der Waals surface area contributed by atoms with E-state index in [-0.39, 0.29) is 55.4 Å². The minimum atomic E-state index is -1.35. The fourth-order valence-electron chi connectivity index (χ4n) is 4.80. The topological polar surface area (TPSA) is 205 Å². The van der Waals surface area contributed by atoms with Crippen molar-refractivity contribution in [3.8, 4) is 0 Å². The van der Waals surface area contributed by atoms with Crippen LogP contribution in [-0.2, 0) is 25.6 Å². The zero-order valence-corrected chi connectivity index (χ0v) is 22.7. The number of aromatic amines is 1. The van der Waals surface area contributed by atoms with E-state index < -0.39 is 36.0 Å². The van der Waals surface area contributed by atoms with E-state index in [1.165, 1.54) is 25.9 Å². The molecule has 12 heteroatoms. The van der Waals surface area contributed by atoms with E-state index in [0.717, 1.165) is 25.7 Å². The van der Waals surface area contributed by atoms with Crippen LogP contribution in [0.15, 0.2) is 12.5 Å². The van der Waals surface area contributed by atoms with E-state index in [1.807, 2.05) is 0 Å². The van der Waals surface area contributed by atoms with E-state index in [9.17, 15) is 24.3 Å². The van der Waals surface area contributed by atoms with Gasteiger partial charge in [-0.25, -0.2) is 4.98 Å². The van der Waals surface area contributed by atoms with Crippen molar-refractivity contribution in [2.75, 3.05) is 6.54 Å². The molecule has 0 spiro atoms. The molecule has 0 aromatic carbocycles. The minimum Gasteiger partial charge on any atom is -0.391 e. The number of aromatic nitrogens is 2. The third-order valence-corrected chi connectivity index (χ3v) is 7.05.